The van der Waals surface area contributed by atoms with Crippen LogP contribution < -0.4 is 0 Å². The van der Waals surface area contributed by atoms with E-state index in [0.29, 0.717) is 11.1 Å². The number of benzene rings is 1. The van der Waals surface area contributed by atoms with Crippen molar-refractivity contribution in [2.24, 2.45) is 10.8 Å². The van der Waals surface area contributed by atoms with Gasteiger partial charge in [0.15, 0.2) is 10.8 Å². The number of rotatable bonds is 0. The highest BCUT2D eigenvalue weighted by Crippen LogP contribution is 2.63. The van der Waals surface area contributed by atoms with E-state index in [2.05, 4.69) is 0 Å². The van der Waals surface area contributed by atoms with Crippen LogP contribution in [0.1, 0.15) is 23.0 Å². The summed E-state index contributed by atoms with van der Waals surface area (Å²) in [4.78, 5) is 0. The third-order valence-corrected chi connectivity index (χ3v) is 5.09. The number of hydrogen-bond acceptors (Lipinski definition) is 5. The van der Waals surface area contributed by atoms with Crippen molar-refractivity contribution in [1.82, 2.24) is 0 Å². The van der Waals surface area contributed by atoms with Gasteiger partial charge in [0, 0.05) is 22.8 Å². The number of furan rings is 1. The van der Waals surface area contributed by atoms with Crippen LogP contribution in [0, 0.1) is 56.2 Å². The van der Waals surface area contributed by atoms with Crippen LogP contribution in [-0.4, -0.2) is 0 Å². The Morgan fingerprint density at radius 3 is 1.96 bits per heavy atom. The summed E-state index contributed by atoms with van der Waals surface area (Å²) >= 11 is 0. The molecular weight excluding hydrogens is 288 g/mol. The predicted molar refractivity (Wildman–Crippen MR) is 78.2 cm³/mol. The molecule has 5 nitrogen and oxygen atoms in total. The van der Waals surface area contributed by atoms with Gasteiger partial charge in [-0.1, -0.05) is 24.3 Å². The molecule has 0 spiro atoms. The van der Waals surface area contributed by atoms with Gasteiger partial charge in [0.2, 0.25) is 0 Å². The molecule has 0 radical (unpaired) electrons. The average molecular weight is 296 g/mol. The molecule has 0 saturated carbocycles. The Balaban J connectivity index is 2.25. The molecule has 0 N–H and O–H groups in total. The van der Waals surface area contributed by atoms with Crippen LogP contribution in [0.25, 0.3) is 11.0 Å². The number of nitriles is 4. The van der Waals surface area contributed by atoms with Crippen LogP contribution >= 0.6 is 0 Å². The van der Waals surface area contributed by atoms with E-state index >= 15 is 0 Å². The minimum atomic E-state index is -1.79. The van der Waals surface area contributed by atoms with Crippen LogP contribution in [0.5, 0.6) is 0 Å². The van der Waals surface area contributed by atoms with Crippen molar-refractivity contribution < 1.29 is 4.42 Å². The van der Waals surface area contributed by atoms with Gasteiger partial charge in [0.1, 0.15) is 5.58 Å². The quantitative estimate of drug-likeness (QED) is 0.693. The van der Waals surface area contributed by atoms with Gasteiger partial charge < -0.3 is 4.42 Å². The van der Waals surface area contributed by atoms with Crippen LogP contribution in [-0.2, 0) is 0 Å². The van der Waals surface area contributed by atoms with Crippen molar-refractivity contribution in [2.45, 2.75) is 11.8 Å². The first-order valence-corrected chi connectivity index (χ1v) is 7.02. The van der Waals surface area contributed by atoms with E-state index in [1.54, 1.807) is 24.3 Å². The molecule has 0 unspecified atom stereocenters. The highest BCUT2D eigenvalue weighted by molar-refractivity contribution is 5.88. The smallest absolute Gasteiger partial charge is 0.186 e. The Kier molecular flexibility index (Phi) is 2.29. The van der Waals surface area contributed by atoms with Gasteiger partial charge in [-0.15, -0.1) is 0 Å². The van der Waals surface area contributed by atoms with E-state index in [4.69, 9.17) is 4.42 Å². The standard InChI is InChI=1S/C18H8N4O/c19-7-17(8-20)13-4-5-14(18(17,9-21)10-22)12-6-23-15-3-1-2-11(13)16(12)15/h1-6,13-14H/t13-,14+/m1/s1. The number of fused-ring (bicyclic) bond motifs is 1. The summed E-state index contributed by atoms with van der Waals surface area (Å²) in [7, 11) is 0. The van der Waals surface area contributed by atoms with Gasteiger partial charge >= 0.3 is 0 Å². The largest absolute Gasteiger partial charge is 0.464 e. The van der Waals surface area contributed by atoms with E-state index in [0.717, 1.165) is 10.9 Å². The highest BCUT2D eigenvalue weighted by atomic mass is 16.3. The fraction of sp³-hybridized carbons (Fsp3) is 0.222. The topological polar surface area (TPSA) is 108 Å². The Labute approximate surface area is 131 Å². The molecule has 1 heterocycles. The molecule has 0 saturated heterocycles. The van der Waals surface area contributed by atoms with Crippen molar-refractivity contribution in [3.05, 3.63) is 47.7 Å². The molecular formula is C18H8N4O. The number of hydrogen-bond donors (Lipinski definition) is 0. The molecule has 3 aliphatic rings. The molecule has 3 aliphatic carbocycles. The molecule has 2 bridgehead atoms. The molecule has 106 valence electrons. The zero-order valence-electron chi connectivity index (χ0n) is 11.8. The first-order chi connectivity index (χ1) is 11.2. The van der Waals surface area contributed by atoms with E-state index in [9.17, 15) is 21.0 Å². The highest BCUT2D eigenvalue weighted by Gasteiger charge is 2.66. The van der Waals surface area contributed by atoms with Crippen LogP contribution in [0.4, 0.5) is 0 Å². The maximum absolute atomic E-state index is 9.83. The third-order valence-electron chi connectivity index (χ3n) is 5.09. The molecule has 2 atom stereocenters. The monoisotopic (exact) mass is 296 g/mol. The summed E-state index contributed by atoms with van der Waals surface area (Å²) in [5.41, 5.74) is -1.49. The summed E-state index contributed by atoms with van der Waals surface area (Å²) in [5, 5.41) is 40.1. The maximum Gasteiger partial charge on any atom is 0.186 e. The minimum Gasteiger partial charge on any atom is -0.464 e. The first kappa shape index (κ1) is 13.1. The van der Waals surface area contributed by atoms with Gasteiger partial charge in [-0.05, 0) is 11.6 Å². The molecule has 0 amide bonds. The van der Waals surface area contributed by atoms with E-state index < -0.39 is 22.7 Å². The Morgan fingerprint density at radius 1 is 0.826 bits per heavy atom. The molecule has 1 aromatic heterocycles. The summed E-state index contributed by atoms with van der Waals surface area (Å²) in [6, 6.07) is 13.4. The van der Waals surface area contributed by atoms with Crippen molar-refractivity contribution in [3.8, 4) is 24.3 Å². The van der Waals surface area contributed by atoms with Gasteiger partial charge in [-0.2, -0.15) is 21.0 Å². The van der Waals surface area contributed by atoms with E-state index in [1.807, 2.05) is 30.3 Å². The molecule has 0 aliphatic heterocycles. The second-order valence-electron chi connectivity index (χ2n) is 5.81. The number of allylic oxidation sites excluding steroid dienone is 2. The van der Waals surface area contributed by atoms with Gasteiger partial charge in [-0.25, -0.2) is 0 Å². The van der Waals surface area contributed by atoms with Crippen molar-refractivity contribution in [2.75, 3.05) is 0 Å². The normalized spacial score (nSPS) is 24.9. The van der Waals surface area contributed by atoms with Crippen LogP contribution in [0.3, 0.4) is 0 Å². The summed E-state index contributed by atoms with van der Waals surface area (Å²) in [6.07, 6.45) is 5.06. The Bertz CT molecular complexity index is 1020. The number of nitrogens with zero attached hydrogens (tertiary/aromatic N) is 4. The molecule has 0 fully saturated rings. The van der Waals surface area contributed by atoms with Gasteiger partial charge in [0.25, 0.3) is 0 Å². The lowest BCUT2D eigenvalue weighted by molar-refractivity contribution is 0.236. The zero-order valence-corrected chi connectivity index (χ0v) is 11.8. The lowest BCUT2D eigenvalue weighted by Crippen LogP contribution is -2.47. The van der Waals surface area contributed by atoms with E-state index in [1.165, 1.54) is 6.26 Å². The molecule has 2 aromatic rings. The Morgan fingerprint density at radius 2 is 1.39 bits per heavy atom. The third kappa shape index (κ3) is 1.17. The molecule has 1 aromatic carbocycles. The zero-order chi connectivity index (χ0) is 16.2. The first-order valence-electron chi connectivity index (χ1n) is 7.02. The lowest BCUT2D eigenvalue weighted by Gasteiger charge is -2.41. The lowest BCUT2D eigenvalue weighted by atomic mass is 9.51. The van der Waals surface area contributed by atoms with Crippen LogP contribution in [0.2, 0.25) is 0 Å². The second-order valence-corrected chi connectivity index (χ2v) is 5.81. The molecule has 23 heavy (non-hydrogen) atoms. The maximum atomic E-state index is 9.83. The fourth-order valence-electron chi connectivity index (χ4n) is 3.99. The molecule has 5 heteroatoms. The SMILES string of the molecule is N#CC1(C#N)[C@@H]2C=C[C@@H](c3coc4cccc2c34)C1(C#N)C#N. The molecule has 5 rings (SSSR count). The predicted octanol–water partition coefficient (Wildman–Crippen LogP) is 3.25. The average Bonchev–Trinajstić information content (AvgIpc) is 2.93. The van der Waals surface area contributed by atoms with E-state index in [-0.39, 0.29) is 0 Å². The second kappa shape index (κ2) is 4.01. The van der Waals surface area contributed by atoms with Crippen molar-refractivity contribution in [1.29, 1.82) is 21.0 Å². The summed E-state index contributed by atoms with van der Waals surface area (Å²) in [6.45, 7) is 0. The van der Waals surface area contributed by atoms with Crippen molar-refractivity contribution in [3.63, 3.8) is 0 Å². The van der Waals surface area contributed by atoms with Crippen LogP contribution in [0.15, 0.2) is 41.0 Å². The summed E-state index contributed by atoms with van der Waals surface area (Å²) < 4.78 is 5.57. The minimum absolute atomic E-state index is 0.632. The van der Waals surface area contributed by atoms with Crippen molar-refractivity contribution >= 4 is 11.0 Å². The van der Waals surface area contributed by atoms with Gasteiger partial charge in [-0.3, -0.25) is 0 Å². The Hall–Kier alpha value is -3.54. The summed E-state index contributed by atoms with van der Waals surface area (Å²) in [5.74, 6) is -1.34. The fourth-order valence-corrected chi connectivity index (χ4v) is 3.99. The van der Waals surface area contributed by atoms with Gasteiger partial charge in [0.05, 0.1) is 30.5 Å².